The van der Waals surface area contributed by atoms with Gasteiger partial charge in [0.15, 0.2) is 0 Å². The molecule has 0 fully saturated rings. The summed E-state index contributed by atoms with van der Waals surface area (Å²) in [4.78, 5) is 12.1. The second-order valence-corrected chi connectivity index (χ2v) is 8.25. The van der Waals surface area contributed by atoms with E-state index in [0.29, 0.717) is 18.1 Å². The summed E-state index contributed by atoms with van der Waals surface area (Å²) < 4.78 is 11.2. The highest BCUT2D eigenvalue weighted by molar-refractivity contribution is 5.89. The number of benzene rings is 2. The molecule has 0 aromatic heterocycles. The summed E-state index contributed by atoms with van der Waals surface area (Å²) in [6, 6.07) is 15.7. The van der Waals surface area contributed by atoms with Gasteiger partial charge in [-0.05, 0) is 47.7 Å². The molecule has 3 heteroatoms. The molecular formula is C28H38O3. The van der Waals surface area contributed by atoms with Crippen LogP contribution in [-0.2, 0) is 4.74 Å². The molecule has 168 valence electrons. The molecule has 0 radical (unpaired) electrons. The van der Waals surface area contributed by atoms with Crippen molar-refractivity contribution in [2.45, 2.75) is 65.7 Å². The highest BCUT2D eigenvalue weighted by Gasteiger charge is 2.08. The summed E-state index contributed by atoms with van der Waals surface area (Å²) in [5.41, 5.74) is 2.75. The Labute approximate surface area is 188 Å². The van der Waals surface area contributed by atoms with Gasteiger partial charge in [-0.2, -0.15) is 0 Å². The SMILES string of the molecule is CCCCCCCCOc1ccc(/C=C/c2ccc(C(=O)OC[C@@H](C)CC)cc2)cc1. The van der Waals surface area contributed by atoms with Crippen LogP contribution < -0.4 is 4.74 Å². The second kappa shape index (κ2) is 14.5. The molecule has 31 heavy (non-hydrogen) atoms. The van der Waals surface area contributed by atoms with Gasteiger partial charge in [0, 0.05) is 0 Å². The van der Waals surface area contributed by atoms with E-state index >= 15 is 0 Å². The largest absolute Gasteiger partial charge is 0.494 e. The molecule has 0 aliphatic heterocycles. The Kier molecular flexibility index (Phi) is 11.5. The topological polar surface area (TPSA) is 35.5 Å². The molecule has 2 aromatic rings. The molecule has 0 heterocycles. The lowest BCUT2D eigenvalue weighted by Crippen LogP contribution is -2.11. The predicted octanol–water partition coefficient (Wildman–Crippen LogP) is 7.80. The summed E-state index contributed by atoms with van der Waals surface area (Å²) in [5, 5.41) is 0. The summed E-state index contributed by atoms with van der Waals surface area (Å²) in [7, 11) is 0. The average Bonchev–Trinajstić information content (AvgIpc) is 2.81. The molecule has 2 aromatic carbocycles. The quantitative estimate of drug-likeness (QED) is 0.177. The standard InChI is InChI=1S/C28H38O3/c1-4-6-7-8-9-10-21-30-27-19-15-25(16-20-27)12-11-24-13-17-26(18-14-24)28(29)31-22-23(3)5-2/h11-20,23H,4-10,21-22H2,1-3H3/b12-11+/t23-/m0/s1. The van der Waals surface area contributed by atoms with Crippen molar-refractivity contribution < 1.29 is 14.3 Å². The van der Waals surface area contributed by atoms with Crippen LogP contribution in [-0.4, -0.2) is 19.2 Å². The third-order valence-corrected chi connectivity index (χ3v) is 5.46. The Morgan fingerprint density at radius 2 is 1.42 bits per heavy atom. The summed E-state index contributed by atoms with van der Waals surface area (Å²) in [6.07, 6.45) is 12.7. The zero-order chi connectivity index (χ0) is 22.3. The fourth-order valence-electron chi connectivity index (χ4n) is 3.09. The minimum absolute atomic E-state index is 0.257. The summed E-state index contributed by atoms with van der Waals surface area (Å²) >= 11 is 0. The number of hydrogen-bond donors (Lipinski definition) is 0. The van der Waals surface area contributed by atoms with E-state index in [1.54, 1.807) is 0 Å². The van der Waals surface area contributed by atoms with Gasteiger partial charge in [-0.1, -0.05) is 95.7 Å². The van der Waals surface area contributed by atoms with Crippen molar-refractivity contribution in [2.75, 3.05) is 13.2 Å². The molecular weight excluding hydrogens is 384 g/mol. The van der Waals surface area contributed by atoms with Gasteiger partial charge in [-0.25, -0.2) is 4.79 Å². The van der Waals surface area contributed by atoms with E-state index < -0.39 is 0 Å². The Morgan fingerprint density at radius 3 is 2.03 bits per heavy atom. The molecule has 1 atom stereocenters. The third kappa shape index (κ3) is 9.87. The van der Waals surface area contributed by atoms with E-state index in [4.69, 9.17) is 9.47 Å². The molecule has 0 aliphatic rings. The second-order valence-electron chi connectivity index (χ2n) is 8.25. The normalized spacial score (nSPS) is 12.1. The first-order valence-corrected chi connectivity index (χ1v) is 11.8. The molecule has 0 spiro atoms. The van der Waals surface area contributed by atoms with Gasteiger partial charge in [-0.15, -0.1) is 0 Å². The van der Waals surface area contributed by atoms with E-state index in [2.05, 4.69) is 39.0 Å². The van der Waals surface area contributed by atoms with Crippen molar-refractivity contribution in [3.63, 3.8) is 0 Å². The Hall–Kier alpha value is -2.55. The van der Waals surface area contributed by atoms with Gasteiger partial charge < -0.3 is 9.47 Å². The number of carbonyl (C=O) groups excluding carboxylic acids is 1. The number of hydrogen-bond acceptors (Lipinski definition) is 3. The molecule has 0 unspecified atom stereocenters. The van der Waals surface area contributed by atoms with Crippen molar-refractivity contribution in [1.29, 1.82) is 0 Å². The third-order valence-electron chi connectivity index (χ3n) is 5.46. The Bertz CT molecular complexity index is 775. The van der Waals surface area contributed by atoms with Gasteiger partial charge in [0.2, 0.25) is 0 Å². The fourth-order valence-corrected chi connectivity index (χ4v) is 3.09. The van der Waals surface area contributed by atoms with Crippen LogP contribution in [0.4, 0.5) is 0 Å². The lowest BCUT2D eigenvalue weighted by Gasteiger charge is -2.09. The lowest BCUT2D eigenvalue weighted by atomic mass is 10.1. The summed E-state index contributed by atoms with van der Waals surface area (Å²) in [5.74, 6) is 1.05. The maximum atomic E-state index is 12.1. The van der Waals surface area contributed by atoms with Crippen LogP contribution in [0.15, 0.2) is 48.5 Å². The van der Waals surface area contributed by atoms with Gasteiger partial charge in [-0.3, -0.25) is 0 Å². The van der Waals surface area contributed by atoms with Gasteiger partial charge in [0.1, 0.15) is 5.75 Å². The smallest absolute Gasteiger partial charge is 0.338 e. The fraction of sp³-hybridized carbons (Fsp3) is 0.464. The maximum Gasteiger partial charge on any atom is 0.338 e. The van der Waals surface area contributed by atoms with E-state index in [0.717, 1.165) is 36.3 Å². The van der Waals surface area contributed by atoms with Crippen molar-refractivity contribution in [3.05, 3.63) is 65.2 Å². The Morgan fingerprint density at radius 1 is 0.839 bits per heavy atom. The zero-order valence-corrected chi connectivity index (χ0v) is 19.4. The number of esters is 1. The highest BCUT2D eigenvalue weighted by atomic mass is 16.5. The molecule has 0 saturated carbocycles. The molecule has 0 bridgehead atoms. The molecule has 0 N–H and O–H groups in total. The van der Waals surface area contributed by atoms with E-state index in [-0.39, 0.29) is 5.97 Å². The van der Waals surface area contributed by atoms with Gasteiger partial charge in [0.05, 0.1) is 18.8 Å². The monoisotopic (exact) mass is 422 g/mol. The van der Waals surface area contributed by atoms with Crippen LogP contribution in [0.25, 0.3) is 12.2 Å². The van der Waals surface area contributed by atoms with E-state index in [1.807, 2.05) is 42.5 Å². The molecule has 3 nitrogen and oxygen atoms in total. The van der Waals surface area contributed by atoms with Crippen LogP contribution >= 0.6 is 0 Å². The van der Waals surface area contributed by atoms with Crippen LogP contribution in [0.2, 0.25) is 0 Å². The number of unbranched alkanes of at least 4 members (excludes halogenated alkanes) is 5. The van der Waals surface area contributed by atoms with Crippen molar-refractivity contribution in [3.8, 4) is 5.75 Å². The number of carbonyl (C=O) groups is 1. The van der Waals surface area contributed by atoms with E-state index in [1.165, 1.54) is 32.1 Å². The predicted molar refractivity (Wildman–Crippen MR) is 130 cm³/mol. The maximum absolute atomic E-state index is 12.1. The summed E-state index contributed by atoms with van der Waals surface area (Å²) in [6.45, 7) is 7.67. The molecule has 0 aliphatic carbocycles. The minimum Gasteiger partial charge on any atom is -0.494 e. The first-order valence-electron chi connectivity index (χ1n) is 11.8. The van der Waals surface area contributed by atoms with Crippen molar-refractivity contribution >= 4 is 18.1 Å². The van der Waals surface area contributed by atoms with E-state index in [9.17, 15) is 4.79 Å². The minimum atomic E-state index is -0.257. The highest BCUT2D eigenvalue weighted by Crippen LogP contribution is 2.16. The zero-order valence-electron chi connectivity index (χ0n) is 19.4. The van der Waals surface area contributed by atoms with Crippen molar-refractivity contribution in [1.82, 2.24) is 0 Å². The molecule has 0 amide bonds. The van der Waals surface area contributed by atoms with Gasteiger partial charge in [0.25, 0.3) is 0 Å². The van der Waals surface area contributed by atoms with Crippen LogP contribution in [0.1, 0.15) is 87.2 Å². The Balaban J connectivity index is 1.75. The lowest BCUT2D eigenvalue weighted by molar-refractivity contribution is 0.0447. The average molecular weight is 423 g/mol. The first-order chi connectivity index (χ1) is 15.1. The van der Waals surface area contributed by atoms with Crippen LogP contribution in [0, 0.1) is 5.92 Å². The first kappa shape index (κ1) is 24.7. The van der Waals surface area contributed by atoms with Gasteiger partial charge >= 0.3 is 5.97 Å². The molecule has 2 rings (SSSR count). The molecule has 0 saturated heterocycles. The number of rotatable bonds is 14. The van der Waals surface area contributed by atoms with Crippen molar-refractivity contribution in [2.24, 2.45) is 5.92 Å². The number of ether oxygens (including phenoxy) is 2. The van der Waals surface area contributed by atoms with Crippen LogP contribution in [0.5, 0.6) is 5.75 Å². The van der Waals surface area contributed by atoms with Crippen LogP contribution in [0.3, 0.4) is 0 Å².